The Hall–Kier alpha value is -3.46. The van der Waals surface area contributed by atoms with Gasteiger partial charge in [-0.25, -0.2) is 9.18 Å². The molecule has 3 aromatic rings. The fraction of sp³-hybridized carbons (Fsp3) is 0.385. The van der Waals surface area contributed by atoms with Crippen molar-refractivity contribution in [1.82, 2.24) is 19.4 Å². The summed E-state index contributed by atoms with van der Waals surface area (Å²) in [6.45, 7) is 1.33. The summed E-state index contributed by atoms with van der Waals surface area (Å²) < 4.78 is 16.2. The molecule has 2 amide bonds. The van der Waals surface area contributed by atoms with Gasteiger partial charge in [-0.3, -0.25) is 23.9 Å². The number of para-hydroxylation sites is 1. The molecule has 1 N–H and O–H groups in total. The Balaban J connectivity index is 1.38. The quantitative estimate of drug-likeness (QED) is 0.581. The summed E-state index contributed by atoms with van der Waals surface area (Å²) in [5.74, 6) is -1.09. The van der Waals surface area contributed by atoms with Crippen LogP contribution in [0.3, 0.4) is 0 Å². The molecule has 0 spiro atoms. The van der Waals surface area contributed by atoms with Gasteiger partial charge in [0, 0.05) is 32.1 Å². The number of fused-ring (bicyclic) bond motifs is 1. The van der Waals surface area contributed by atoms with Gasteiger partial charge in [0.15, 0.2) is 0 Å². The van der Waals surface area contributed by atoms with Crippen LogP contribution < -0.4 is 11.2 Å². The van der Waals surface area contributed by atoms with Crippen LogP contribution in [0.5, 0.6) is 0 Å². The van der Waals surface area contributed by atoms with E-state index in [0.29, 0.717) is 42.6 Å². The number of piperazine rings is 1. The van der Waals surface area contributed by atoms with Gasteiger partial charge in [-0.2, -0.15) is 0 Å². The van der Waals surface area contributed by atoms with Gasteiger partial charge in [0.25, 0.3) is 11.5 Å². The predicted molar refractivity (Wildman–Crippen MR) is 134 cm³/mol. The van der Waals surface area contributed by atoms with E-state index in [1.807, 2.05) is 0 Å². The first kappa shape index (κ1) is 24.2. The molecule has 0 bridgehead atoms. The van der Waals surface area contributed by atoms with Crippen LogP contribution in [-0.2, 0) is 11.3 Å². The Labute approximate surface area is 211 Å². The molecule has 2 aromatic carbocycles. The van der Waals surface area contributed by atoms with E-state index in [0.717, 1.165) is 31.7 Å². The maximum absolute atomic E-state index is 14.9. The van der Waals surface area contributed by atoms with Gasteiger partial charge in [0.1, 0.15) is 5.82 Å². The molecule has 36 heavy (non-hydrogen) atoms. The van der Waals surface area contributed by atoms with Crippen molar-refractivity contribution >= 4 is 34.3 Å². The number of aromatic amines is 1. The summed E-state index contributed by atoms with van der Waals surface area (Å²) >= 11 is 6.54. The normalized spacial score (nSPS) is 16.6. The van der Waals surface area contributed by atoms with Crippen molar-refractivity contribution in [3.05, 3.63) is 79.2 Å². The number of halogens is 2. The third-order valence-corrected chi connectivity index (χ3v) is 7.63. The third-order valence-electron chi connectivity index (χ3n) is 7.20. The molecule has 1 aromatic heterocycles. The largest absolute Gasteiger partial charge is 0.339 e. The Morgan fingerprint density at radius 2 is 1.64 bits per heavy atom. The van der Waals surface area contributed by atoms with Gasteiger partial charge in [-0.1, -0.05) is 42.6 Å². The van der Waals surface area contributed by atoms with Gasteiger partial charge in [-0.15, -0.1) is 0 Å². The van der Waals surface area contributed by atoms with Gasteiger partial charge in [0.2, 0.25) is 5.91 Å². The highest BCUT2D eigenvalue weighted by Gasteiger charge is 2.32. The first-order valence-electron chi connectivity index (χ1n) is 12.1. The van der Waals surface area contributed by atoms with Gasteiger partial charge in [-0.05, 0) is 36.6 Å². The van der Waals surface area contributed by atoms with Crippen LogP contribution in [0.4, 0.5) is 4.39 Å². The van der Waals surface area contributed by atoms with Crippen molar-refractivity contribution in [3.8, 4) is 0 Å². The number of benzene rings is 2. The van der Waals surface area contributed by atoms with Crippen molar-refractivity contribution in [3.63, 3.8) is 0 Å². The van der Waals surface area contributed by atoms with Gasteiger partial charge < -0.3 is 9.80 Å². The highest BCUT2D eigenvalue weighted by atomic mass is 35.5. The molecule has 10 heteroatoms. The van der Waals surface area contributed by atoms with Crippen LogP contribution in [0.25, 0.3) is 10.9 Å². The second kappa shape index (κ2) is 9.89. The molecule has 0 atom stereocenters. The average molecular weight is 513 g/mol. The second-order valence-corrected chi connectivity index (χ2v) is 9.73. The van der Waals surface area contributed by atoms with E-state index in [2.05, 4.69) is 4.98 Å². The summed E-state index contributed by atoms with van der Waals surface area (Å²) in [4.78, 5) is 56.3. The second-order valence-electron chi connectivity index (χ2n) is 9.36. The molecular weight excluding hydrogens is 487 g/mol. The summed E-state index contributed by atoms with van der Waals surface area (Å²) in [7, 11) is 0. The van der Waals surface area contributed by atoms with Crippen molar-refractivity contribution < 1.29 is 14.0 Å². The Bertz CT molecular complexity index is 1450. The van der Waals surface area contributed by atoms with E-state index in [4.69, 9.17) is 11.6 Å². The van der Waals surface area contributed by atoms with Crippen LogP contribution in [-0.4, -0.2) is 57.3 Å². The highest BCUT2D eigenvalue weighted by molar-refractivity contribution is 6.34. The topological polar surface area (TPSA) is 95.5 Å². The van der Waals surface area contributed by atoms with Gasteiger partial charge >= 0.3 is 5.69 Å². The molecule has 2 heterocycles. The maximum Gasteiger partial charge on any atom is 0.329 e. The summed E-state index contributed by atoms with van der Waals surface area (Å²) in [5.41, 5.74) is -0.613. The summed E-state index contributed by atoms with van der Waals surface area (Å²) in [5, 5.41) is 0.253. The monoisotopic (exact) mass is 512 g/mol. The van der Waals surface area contributed by atoms with E-state index in [-0.39, 0.29) is 29.0 Å². The maximum atomic E-state index is 14.9. The Kier molecular flexibility index (Phi) is 6.66. The number of hydrogen-bond acceptors (Lipinski definition) is 4. The summed E-state index contributed by atoms with van der Waals surface area (Å²) in [6, 6.07) is 9.22. The van der Waals surface area contributed by atoms with Crippen LogP contribution >= 0.6 is 11.6 Å². The molecule has 1 aliphatic carbocycles. The standard InChI is InChI=1S/C26H26ClFN4O4/c27-22-17(15-32-20-8-4-3-7-18(20)23(33)29-26(32)36)9-10-19(28)21(22)25(35)31-13-11-30(12-14-31)24(34)16-5-1-2-6-16/h3-4,7-10,16H,1-2,5-6,11-15H2,(H,29,33,36). The molecular formula is C26H26ClFN4O4. The van der Waals surface area contributed by atoms with Crippen molar-refractivity contribution in [2.24, 2.45) is 5.92 Å². The number of rotatable bonds is 4. The minimum atomic E-state index is -0.753. The number of carbonyl (C=O) groups is 2. The van der Waals surface area contributed by atoms with E-state index >= 15 is 0 Å². The molecule has 5 rings (SSSR count). The minimum Gasteiger partial charge on any atom is -0.339 e. The SMILES string of the molecule is O=C(c1c(F)ccc(Cn2c(=O)[nH]c(=O)c3ccccc32)c1Cl)N1CCN(C(=O)C2CCCC2)CC1. The zero-order chi connectivity index (χ0) is 25.4. The highest BCUT2D eigenvalue weighted by Crippen LogP contribution is 2.29. The van der Waals surface area contributed by atoms with E-state index in [9.17, 15) is 23.6 Å². The van der Waals surface area contributed by atoms with Crippen molar-refractivity contribution in [2.45, 2.75) is 32.2 Å². The molecule has 188 valence electrons. The van der Waals surface area contributed by atoms with Crippen molar-refractivity contribution in [2.75, 3.05) is 26.2 Å². The molecule has 2 fully saturated rings. The number of carbonyl (C=O) groups excluding carboxylic acids is 2. The fourth-order valence-corrected chi connectivity index (χ4v) is 5.50. The lowest BCUT2D eigenvalue weighted by Gasteiger charge is -2.36. The van der Waals surface area contributed by atoms with Crippen LogP contribution in [0.2, 0.25) is 5.02 Å². The number of hydrogen-bond donors (Lipinski definition) is 1. The lowest BCUT2D eigenvalue weighted by atomic mass is 10.1. The molecule has 1 aliphatic heterocycles. The third kappa shape index (κ3) is 4.43. The zero-order valence-electron chi connectivity index (χ0n) is 19.6. The first-order valence-corrected chi connectivity index (χ1v) is 12.5. The molecule has 0 radical (unpaired) electrons. The fourth-order valence-electron chi connectivity index (χ4n) is 5.20. The minimum absolute atomic E-state index is 0.0564. The molecule has 1 saturated heterocycles. The lowest BCUT2D eigenvalue weighted by molar-refractivity contribution is -0.136. The average Bonchev–Trinajstić information content (AvgIpc) is 3.42. The van der Waals surface area contributed by atoms with Gasteiger partial charge in [0.05, 0.1) is 28.0 Å². The molecule has 8 nitrogen and oxygen atoms in total. The number of amides is 2. The summed E-state index contributed by atoms with van der Waals surface area (Å²) in [6.07, 6.45) is 3.98. The van der Waals surface area contributed by atoms with E-state index in [1.165, 1.54) is 15.5 Å². The van der Waals surface area contributed by atoms with E-state index < -0.39 is 23.0 Å². The Morgan fingerprint density at radius 3 is 2.36 bits per heavy atom. The number of nitrogens with one attached hydrogen (secondary N) is 1. The predicted octanol–water partition coefficient (Wildman–Crippen LogP) is 3.01. The number of nitrogens with zero attached hydrogens (tertiary/aromatic N) is 3. The smallest absolute Gasteiger partial charge is 0.329 e. The van der Waals surface area contributed by atoms with Crippen LogP contribution in [0.15, 0.2) is 46.0 Å². The Morgan fingerprint density at radius 1 is 0.972 bits per heavy atom. The number of H-pyrrole nitrogens is 1. The van der Waals surface area contributed by atoms with Crippen LogP contribution in [0, 0.1) is 11.7 Å². The first-order chi connectivity index (χ1) is 17.3. The van der Waals surface area contributed by atoms with Crippen molar-refractivity contribution in [1.29, 1.82) is 0 Å². The lowest BCUT2D eigenvalue weighted by Crippen LogP contribution is -2.52. The van der Waals surface area contributed by atoms with Crippen LogP contribution in [0.1, 0.15) is 41.6 Å². The molecule has 0 unspecified atom stereocenters. The molecule has 1 saturated carbocycles. The number of aromatic nitrogens is 2. The van der Waals surface area contributed by atoms with E-state index in [1.54, 1.807) is 29.2 Å². The zero-order valence-corrected chi connectivity index (χ0v) is 20.4. The molecule has 2 aliphatic rings.